The molecule has 0 aliphatic rings. The van der Waals surface area contributed by atoms with E-state index >= 15 is 0 Å². The van der Waals surface area contributed by atoms with Crippen molar-refractivity contribution < 1.29 is 9.47 Å². The fourth-order valence-electron chi connectivity index (χ4n) is 1.26. The molecule has 78 valence electrons. The van der Waals surface area contributed by atoms with E-state index in [1.54, 1.807) is 7.11 Å². The zero-order valence-corrected chi connectivity index (χ0v) is 8.90. The first-order valence-corrected chi connectivity index (χ1v) is 4.99. The molecule has 0 aliphatic heterocycles. The number of methoxy groups -OCH3 is 1. The molecule has 1 aromatic rings. The molecular formula is C12H18O2. The lowest BCUT2D eigenvalue weighted by Gasteiger charge is -2.10. The highest BCUT2D eigenvalue weighted by molar-refractivity contribution is 5.20. The summed E-state index contributed by atoms with van der Waals surface area (Å²) >= 11 is 0. The molecule has 0 spiro atoms. The molecule has 2 heteroatoms. The Morgan fingerprint density at radius 1 is 1.21 bits per heavy atom. The largest absolute Gasteiger partial charge is 0.494 e. The van der Waals surface area contributed by atoms with Crippen molar-refractivity contribution in [3.05, 3.63) is 30.3 Å². The molecule has 0 unspecified atom stereocenters. The Hall–Kier alpha value is -1.02. The van der Waals surface area contributed by atoms with Crippen LogP contribution in [0.15, 0.2) is 30.3 Å². The first-order valence-electron chi connectivity index (χ1n) is 4.99. The molecule has 0 aromatic heterocycles. The van der Waals surface area contributed by atoms with Crippen LogP contribution in [-0.4, -0.2) is 20.3 Å². The molecule has 0 radical (unpaired) electrons. The Labute approximate surface area is 85.8 Å². The van der Waals surface area contributed by atoms with Crippen LogP contribution < -0.4 is 4.74 Å². The second kappa shape index (κ2) is 6.44. The molecule has 0 heterocycles. The summed E-state index contributed by atoms with van der Waals surface area (Å²) in [6, 6.07) is 9.89. The quantitative estimate of drug-likeness (QED) is 0.693. The molecule has 0 saturated carbocycles. The minimum atomic E-state index is 0.559. The van der Waals surface area contributed by atoms with E-state index in [-0.39, 0.29) is 0 Å². The predicted molar refractivity (Wildman–Crippen MR) is 57.6 cm³/mol. The van der Waals surface area contributed by atoms with E-state index in [0.717, 1.165) is 25.4 Å². The van der Waals surface area contributed by atoms with Gasteiger partial charge in [0.05, 0.1) is 6.61 Å². The molecule has 14 heavy (non-hydrogen) atoms. The maximum atomic E-state index is 5.57. The van der Waals surface area contributed by atoms with Crippen molar-refractivity contribution in [1.82, 2.24) is 0 Å². The third kappa shape index (κ3) is 4.28. The minimum absolute atomic E-state index is 0.559. The highest BCUT2D eigenvalue weighted by atomic mass is 16.5. The van der Waals surface area contributed by atoms with E-state index < -0.39 is 0 Å². The standard InChI is InChI=1S/C12H18O2/c1-11(10-13-2)8-9-14-12-6-4-3-5-7-12/h3-7,11H,8-10H2,1-2H3/t11-/m1/s1. The van der Waals surface area contributed by atoms with Crippen molar-refractivity contribution >= 4 is 0 Å². The Balaban J connectivity index is 2.16. The normalized spacial score (nSPS) is 12.4. The zero-order valence-electron chi connectivity index (χ0n) is 8.90. The Morgan fingerprint density at radius 3 is 2.57 bits per heavy atom. The number of para-hydroxylation sites is 1. The number of hydrogen-bond donors (Lipinski definition) is 0. The second-order valence-corrected chi connectivity index (χ2v) is 3.51. The van der Waals surface area contributed by atoms with Crippen molar-refractivity contribution in [2.45, 2.75) is 13.3 Å². The summed E-state index contributed by atoms with van der Waals surface area (Å²) in [4.78, 5) is 0. The number of benzene rings is 1. The van der Waals surface area contributed by atoms with Gasteiger partial charge in [-0.3, -0.25) is 0 Å². The lowest BCUT2D eigenvalue weighted by atomic mass is 10.1. The van der Waals surface area contributed by atoms with Crippen molar-refractivity contribution in [3.8, 4) is 5.75 Å². The number of ether oxygens (including phenoxy) is 2. The molecule has 0 saturated heterocycles. The second-order valence-electron chi connectivity index (χ2n) is 3.51. The van der Waals surface area contributed by atoms with Gasteiger partial charge in [0.25, 0.3) is 0 Å². The Morgan fingerprint density at radius 2 is 1.93 bits per heavy atom. The van der Waals surface area contributed by atoms with Gasteiger partial charge in [-0.2, -0.15) is 0 Å². The van der Waals surface area contributed by atoms with Gasteiger partial charge in [-0.15, -0.1) is 0 Å². The van der Waals surface area contributed by atoms with Gasteiger partial charge < -0.3 is 9.47 Å². The maximum Gasteiger partial charge on any atom is 0.119 e. The van der Waals surface area contributed by atoms with E-state index in [0.29, 0.717) is 5.92 Å². The van der Waals surface area contributed by atoms with Crippen molar-refractivity contribution in [2.75, 3.05) is 20.3 Å². The molecule has 2 nitrogen and oxygen atoms in total. The lowest BCUT2D eigenvalue weighted by Crippen LogP contribution is -2.08. The summed E-state index contributed by atoms with van der Waals surface area (Å²) < 4.78 is 10.6. The minimum Gasteiger partial charge on any atom is -0.494 e. The van der Waals surface area contributed by atoms with E-state index in [4.69, 9.17) is 9.47 Å². The van der Waals surface area contributed by atoms with Crippen LogP contribution in [0.25, 0.3) is 0 Å². The van der Waals surface area contributed by atoms with Gasteiger partial charge in [0.2, 0.25) is 0 Å². The van der Waals surface area contributed by atoms with Crippen LogP contribution in [0.3, 0.4) is 0 Å². The molecule has 0 aliphatic carbocycles. The van der Waals surface area contributed by atoms with E-state index in [1.807, 2.05) is 30.3 Å². The van der Waals surface area contributed by atoms with Gasteiger partial charge in [-0.05, 0) is 24.5 Å². The van der Waals surface area contributed by atoms with Crippen molar-refractivity contribution in [2.24, 2.45) is 5.92 Å². The highest BCUT2D eigenvalue weighted by Crippen LogP contribution is 2.10. The van der Waals surface area contributed by atoms with E-state index in [1.165, 1.54) is 0 Å². The molecule has 0 N–H and O–H groups in total. The van der Waals surface area contributed by atoms with Crippen LogP contribution in [0.1, 0.15) is 13.3 Å². The van der Waals surface area contributed by atoms with Gasteiger partial charge >= 0.3 is 0 Å². The smallest absolute Gasteiger partial charge is 0.119 e. The summed E-state index contributed by atoms with van der Waals surface area (Å²) in [5.74, 6) is 1.50. The molecule has 0 amide bonds. The van der Waals surface area contributed by atoms with Crippen LogP contribution in [-0.2, 0) is 4.74 Å². The molecule has 1 atom stereocenters. The summed E-state index contributed by atoms with van der Waals surface area (Å²) in [6.07, 6.45) is 1.03. The first kappa shape index (κ1) is 11.1. The van der Waals surface area contributed by atoms with Crippen LogP contribution in [0.5, 0.6) is 5.75 Å². The Bertz CT molecular complexity index is 233. The summed E-state index contributed by atoms with van der Waals surface area (Å²) in [5.41, 5.74) is 0. The average Bonchev–Trinajstić information content (AvgIpc) is 2.20. The van der Waals surface area contributed by atoms with Gasteiger partial charge in [-0.25, -0.2) is 0 Å². The number of rotatable bonds is 6. The molecule has 1 aromatic carbocycles. The van der Waals surface area contributed by atoms with Gasteiger partial charge in [-0.1, -0.05) is 25.1 Å². The van der Waals surface area contributed by atoms with Crippen molar-refractivity contribution in [1.29, 1.82) is 0 Å². The summed E-state index contributed by atoms with van der Waals surface area (Å²) in [5, 5.41) is 0. The van der Waals surface area contributed by atoms with Crippen LogP contribution in [0, 0.1) is 5.92 Å². The topological polar surface area (TPSA) is 18.5 Å². The molecule has 0 bridgehead atoms. The highest BCUT2D eigenvalue weighted by Gasteiger charge is 2.01. The zero-order chi connectivity index (χ0) is 10.2. The van der Waals surface area contributed by atoms with E-state index in [9.17, 15) is 0 Å². The summed E-state index contributed by atoms with van der Waals surface area (Å²) in [6.45, 7) is 3.73. The summed E-state index contributed by atoms with van der Waals surface area (Å²) in [7, 11) is 1.73. The molecule has 0 fully saturated rings. The maximum absolute atomic E-state index is 5.57. The fourth-order valence-corrected chi connectivity index (χ4v) is 1.26. The molecule has 1 rings (SSSR count). The number of hydrogen-bond acceptors (Lipinski definition) is 2. The average molecular weight is 194 g/mol. The van der Waals surface area contributed by atoms with Crippen LogP contribution in [0.4, 0.5) is 0 Å². The Kier molecular flexibility index (Phi) is 5.08. The molecular weight excluding hydrogens is 176 g/mol. The van der Waals surface area contributed by atoms with Crippen LogP contribution >= 0.6 is 0 Å². The first-order chi connectivity index (χ1) is 6.83. The van der Waals surface area contributed by atoms with Crippen LogP contribution in [0.2, 0.25) is 0 Å². The monoisotopic (exact) mass is 194 g/mol. The van der Waals surface area contributed by atoms with Gasteiger partial charge in [0.15, 0.2) is 0 Å². The lowest BCUT2D eigenvalue weighted by molar-refractivity contribution is 0.144. The fraction of sp³-hybridized carbons (Fsp3) is 0.500. The van der Waals surface area contributed by atoms with E-state index in [2.05, 4.69) is 6.92 Å². The van der Waals surface area contributed by atoms with Gasteiger partial charge in [0.1, 0.15) is 5.75 Å². The van der Waals surface area contributed by atoms with Gasteiger partial charge in [0, 0.05) is 13.7 Å². The third-order valence-electron chi connectivity index (χ3n) is 2.07. The van der Waals surface area contributed by atoms with Crippen molar-refractivity contribution in [3.63, 3.8) is 0 Å². The third-order valence-corrected chi connectivity index (χ3v) is 2.07. The SMILES string of the molecule is COC[C@H](C)CCOc1ccccc1. The predicted octanol–water partition coefficient (Wildman–Crippen LogP) is 2.74.